The first-order valence-electron chi connectivity index (χ1n) is 9.95. The van der Waals surface area contributed by atoms with Gasteiger partial charge in [-0.25, -0.2) is 4.57 Å². The van der Waals surface area contributed by atoms with Crippen LogP contribution in [0.15, 0.2) is 66.7 Å². The first-order chi connectivity index (χ1) is 13.6. The number of rotatable bonds is 4. The van der Waals surface area contributed by atoms with Crippen molar-refractivity contribution in [2.75, 3.05) is 0 Å². The molecule has 0 heterocycles. The minimum Gasteiger partial charge on any atom is -0.408 e. The normalized spacial score (nSPS) is 12.2. The second kappa shape index (κ2) is 8.13. The fourth-order valence-corrected chi connectivity index (χ4v) is 3.68. The number of hydrogen-bond acceptors (Lipinski definition) is 2. The van der Waals surface area contributed by atoms with Gasteiger partial charge in [-0.15, -0.1) is 0 Å². The second-order valence-electron chi connectivity index (χ2n) is 9.53. The molecule has 29 heavy (non-hydrogen) atoms. The Kier molecular flexibility index (Phi) is 5.96. The van der Waals surface area contributed by atoms with Crippen LogP contribution < -0.4 is 4.52 Å². The Morgan fingerprint density at radius 1 is 0.655 bits per heavy atom. The maximum atomic E-state index is 10.6. The van der Waals surface area contributed by atoms with Crippen LogP contribution in [0.5, 0.6) is 5.75 Å². The lowest BCUT2D eigenvalue weighted by atomic mass is 9.77. The molecule has 0 aromatic heterocycles. The molecule has 0 unspecified atom stereocenters. The maximum Gasteiger partial charge on any atom is 0.395 e. The third-order valence-corrected chi connectivity index (χ3v) is 5.51. The van der Waals surface area contributed by atoms with Gasteiger partial charge in [0.25, 0.3) is 0 Å². The first-order valence-corrected chi connectivity index (χ1v) is 10.7. The third-order valence-electron chi connectivity index (χ3n) is 5.22. The first kappa shape index (κ1) is 21.3. The summed E-state index contributed by atoms with van der Waals surface area (Å²) in [6.07, 6.45) is 0. The average Bonchev–Trinajstić information content (AvgIpc) is 2.67. The zero-order chi connectivity index (χ0) is 21.2. The molecule has 0 amide bonds. The van der Waals surface area contributed by atoms with Crippen LogP contribution in [0, 0.1) is 0 Å². The van der Waals surface area contributed by atoms with Gasteiger partial charge in [0.1, 0.15) is 5.75 Å². The van der Waals surface area contributed by atoms with Gasteiger partial charge in [0.15, 0.2) is 0 Å². The van der Waals surface area contributed by atoms with E-state index in [1.54, 1.807) is 0 Å². The standard InChI is InChI=1S/C26H29O2P/c1-25(2,3)21-13-16-23(24(17-21)26(4,5)6)20-9-7-18(8-10-20)19-11-14-22(15-12-19)28-29-27/h7-17H,1-6H3. The Bertz CT molecular complexity index is 989. The van der Waals surface area contributed by atoms with Gasteiger partial charge >= 0.3 is 8.69 Å². The molecule has 0 aliphatic heterocycles. The van der Waals surface area contributed by atoms with Gasteiger partial charge in [0, 0.05) is 0 Å². The Morgan fingerprint density at radius 2 is 1.17 bits per heavy atom. The molecule has 3 aromatic carbocycles. The Labute approximate surface area is 176 Å². The monoisotopic (exact) mass is 404 g/mol. The Balaban J connectivity index is 1.98. The highest BCUT2D eigenvalue weighted by Crippen LogP contribution is 2.37. The predicted octanol–water partition coefficient (Wildman–Crippen LogP) is 8.20. The highest BCUT2D eigenvalue weighted by Gasteiger charge is 2.22. The SMILES string of the molecule is CC(C)(C)c1ccc(-c2ccc(-c3ccc(OP=O)cc3)cc2)c(C(C)(C)C)c1. The zero-order valence-corrected chi connectivity index (χ0v) is 19.0. The molecule has 0 radical (unpaired) electrons. The lowest BCUT2D eigenvalue weighted by Crippen LogP contribution is -2.17. The van der Waals surface area contributed by atoms with E-state index in [2.05, 4.69) is 84.0 Å². The van der Waals surface area contributed by atoms with E-state index in [1.807, 2.05) is 24.3 Å². The van der Waals surface area contributed by atoms with Crippen LogP contribution in [-0.2, 0) is 15.4 Å². The van der Waals surface area contributed by atoms with Crippen LogP contribution in [0.3, 0.4) is 0 Å². The highest BCUT2D eigenvalue weighted by molar-refractivity contribution is 7.17. The second-order valence-corrected chi connectivity index (χ2v) is 9.86. The van der Waals surface area contributed by atoms with E-state index in [9.17, 15) is 4.57 Å². The molecular weight excluding hydrogens is 375 g/mol. The molecule has 0 saturated heterocycles. The summed E-state index contributed by atoms with van der Waals surface area (Å²) in [7, 11) is -0.334. The van der Waals surface area contributed by atoms with Crippen molar-refractivity contribution in [3.8, 4) is 28.0 Å². The molecule has 3 rings (SSSR count). The molecule has 3 heteroatoms. The lowest BCUT2D eigenvalue weighted by molar-refractivity contribution is 0.525. The van der Waals surface area contributed by atoms with E-state index in [0.717, 1.165) is 11.1 Å². The van der Waals surface area contributed by atoms with Gasteiger partial charge in [0.2, 0.25) is 0 Å². The minimum atomic E-state index is -0.334. The van der Waals surface area contributed by atoms with Crippen molar-refractivity contribution in [1.82, 2.24) is 0 Å². The number of hydrogen-bond donors (Lipinski definition) is 0. The van der Waals surface area contributed by atoms with Crippen molar-refractivity contribution in [2.45, 2.75) is 52.4 Å². The van der Waals surface area contributed by atoms with Crippen molar-refractivity contribution in [1.29, 1.82) is 0 Å². The summed E-state index contributed by atoms with van der Waals surface area (Å²) in [6, 6.07) is 23.2. The summed E-state index contributed by atoms with van der Waals surface area (Å²) in [6.45, 7) is 13.6. The molecule has 0 fully saturated rings. The fraction of sp³-hybridized carbons (Fsp3) is 0.308. The maximum absolute atomic E-state index is 10.6. The van der Waals surface area contributed by atoms with Crippen molar-refractivity contribution in [3.05, 3.63) is 77.9 Å². The molecule has 0 saturated carbocycles. The van der Waals surface area contributed by atoms with Gasteiger partial charge in [-0.1, -0.05) is 96.1 Å². The van der Waals surface area contributed by atoms with E-state index in [4.69, 9.17) is 4.52 Å². The molecular formula is C26H29O2P. The van der Waals surface area contributed by atoms with Crippen molar-refractivity contribution < 1.29 is 9.09 Å². The van der Waals surface area contributed by atoms with Gasteiger partial charge in [-0.2, -0.15) is 0 Å². The molecule has 3 aromatic rings. The smallest absolute Gasteiger partial charge is 0.395 e. The van der Waals surface area contributed by atoms with Gasteiger partial charge in [-0.3, -0.25) is 0 Å². The van der Waals surface area contributed by atoms with E-state index >= 15 is 0 Å². The van der Waals surface area contributed by atoms with Crippen LogP contribution in [-0.4, -0.2) is 0 Å². The number of benzene rings is 3. The lowest BCUT2D eigenvalue weighted by Gasteiger charge is -2.27. The molecule has 0 bridgehead atoms. The van der Waals surface area contributed by atoms with E-state index in [-0.39, 0.29) is 19.5 Å². The van der Waals surface area contributed by atoms with Crippen LogP contribution in [0.25, 0.3) is 22.3 Å². The average molecular weight is 404 g/mol. The van der Waals surface area contributed by atoms with Crippen LogP contribution in [0.1, 0.15) is 52.7 Å². The Morgan fingerprint density at radius 3 is 1.66 bits per heavy atom. The van der Waals surface area contributed by atoms with Gasteiger partial charge < -0.3 is 4.52 Å². The quantitative estimate of drug-likeness (QED) is 0.410. The van der Waals surface area contributed by atoms with E-state index in [1.165, 1.54) is 22.3 Å². The minimum absolute atomic E-state index is 0.0615. The van der Waals surface area contributed by atoms with Crippen molar-refractivity contribution >= 4 is 8.69 Å². The zero-order valence-electron chi connectivity index (χ0n) is 18.1. The molecule has 0 N–H and O–H groups in total. The van der Waals surface area contributed by atoms with Crippen LogP contribution in [0.2, 0.25) is 0 Å². The molecule has 2 nitrogen and oxygen atoms in total. The fourth-order valence-electron chi connectivity index (χ4n) is 3.48. The summed E-state index contributed by atoms with van der Waals surface area (Å²) >= 11 is 0. The topological polar surface area (TPSA) is 26.3 Å². The molecule has 0 atom stereocenters. The van der Waals surface area contributed by atoms with Crippen molar-refractivity contribution in [3.63, 3.8) is 0 Å². The molecule has 0 spiro atoms. The largest absolute Gasteiger partial charge is 0.408 e. The van der Waals surface area contributed by atoms with E-state index < -0.39 is 0 Å². The summed E-state index contributed by atoms with van der Waals surface area (Å²) in [5.41, 5.74) is 7.68. The van der Waals surface area contributed by atoms with Crippen LogP contribution in [0.4, 0.5) is 0 Å². The third kappa shape index (κ3) is 4.95. The van der Waals surface area contributed by atoms with Gasteiger partial charge in [0.05, 0.1) is 0 Å². The van der Waals surface area contributed by atoms with Crippen molar-refractivity contribution in [2.24, 2.45) is 0 Å². The molecule has 0 aliphatic rings. The summed E-state index contributed by atoms with van der Waals surface area (Å²) in [5, 5.41) is 0. The Hall–Kier alpha value is -2.44. The summed E-state index contributed by atoms with van der Waals surface area (Å²) in [4.78, 5) is 0. The van der Waals surface area contributed by atoms with Crippen LogP contribution >= 0.6 is 8.69 Å². The molecule has 0 aliphatic carbocycles. The highest BCUT2D eigenvalue weighted by atomic mass is 31.1. The predicted molar refractivity (Wildman–Crippen MR) is 123 cm³/mol. The van der Waals surface area contributed by atoms with Gasteiger partial charge in [-0.05, 0) is 56.3 Å². The van der Waals surface area contributed by atoms with E-state index in [0.29, 0.717) is 5.75 Å². The summed E-state index contributed by atoms with van der Waals surface area (Å²) in [5.74, 6) is 0.593. The molecule has 150 valence electrons. The summed E-state index contributed by atoms with van der Waals surface area (Å²) < 4.78 is 15.5.